The van der Waals surface area contributed by atoms with E-state index in [4.69, 9.17) is 10.5 Å². The van der Waals surface area contributed by atoms with Gasteiger partial charge in [0.05, 0.1) is 11.5 Å². The molecule has 0 bridgehead atoms. The van der Waals surface area contributed by atoms with E-state index in [1.807, 2.05) is 20.8 Å². The summed E-state index contributed by atoms with van der Waals surface area (Å²) in [6.07, 6.45) is 5.18. The maximum atomic E-state index is 12.1. The van der Waals surface area contributed by atoms with Crippen LogP contribution >= 0.6 is 0 Å². The van der Waals surface area contributed by atoms with Crippen LogP contribution in [0.15, 0.2) is 0 Å². The lowest BCUT2D eigenvalue weighted by Crippen LogP contribution is -2.47. The molecule has 0 aromatic rings. The van der Waals surface area contributed by atoms with Crippen molar-refractivity contribution in [3.8, 4) is 0 Å². The minimum absolute atomic E-state index is 0.0155. The van der Waals surface area contributed by atoms with Gasteiger partial charge in [0.1, 0.15) is 0 Å². The summed E-state index contributed by atoms with van der Waals surface area (Å²) < 4.78 is 5.45. The van der Waals surface area contributed by atoms with Gasteiger partial charge in [-0.3, -0.25) is 4.79 Å². The lowest BCUT2D eigenvalue weighted by molar-refractivity contribution is -0.130. The Labute approximate surface area is 111 Å². The molecule has 0 radical (unpaired) electrons. The topological polar surface area (TPSA) is 64.3 Å². The third-order valence-electron chi connectivity index (χ3n) is 3.86. The van der Waals surface area contributed by atoms with Gasteiger partial charge in [0, 0.05) is 19.2 Å². The minimum Gasteiger partial charge on any atom is -0.379 e. The number of unbranched alkanes of at least 4 members (excludes halogenated alkanes) is 1. The second-order valence-electron chi connectivity index (χ2n) is 5.80. The summed E-state index contributed by atoms with van der Waals surface area (Å²) in [4.78, 5) is 12.1. The first-order valence-electron chi connectivity index (χ1n) is 7.12. The van der Waals surface area contributed by atoms with Crippen molar-refractivity contribution < 1.29 is 9.53 Å². The number of nitrogens with two attached hydrogens (primary N) is 1. The van der Waals surface area contributed by atoms with Crippen molar-refractivity contribution in [1.29, 1.82) is 0 Å². The fraction of sp³-hybridized carbons (Fsp3) is 0.929. The van der Waals surface area contributed by atoms with E-state index >= 15 is 0 Å². The summed E-state index contributed by atoms with van der Waals surface area (Å²) in [5.74, 6) is 0.122. The zero-order valence-electron chi connectivity index (χ0n) is 12.0. The van der Waals surface area contributed by atoms with Gasteiger partial charge >= 0.3 is 0 Å². The van der Waals surface area contributed by atoms with Crippen LogP contribution in [0.5, 0.6) is 0 Å². The molecular weight excluding hydrogens is 228 g/mol. The molecule has 0 spiro atoms. The number of ether oxygens (including phenoxy) is 1. The third kappa shape index (κ3) is 4.25. The van der Waals surface area contributed by atoms with Crippen molar-refractivity contribution >= 4 is 5.91 Å². The first kappa shape index (κ1) is 15.4. The molecule has 1 saturated carbocycles. The molecule has 1 rings (SSSR count). The number of hydrogen-bond donors (Lipinski definition) is 2. The predicted molar refractivity (Wildman–Crippen MR) is 73.3 cm³/mol. The molecule has 4 heteroatoms. The third-order valence-corrected chi connectivity index (χ3v) is 3.86. The second kappa shape index (κ2) is 7.10. The van der Waals surface area contributed by atoms with E-state index in [9.17, 15) is 4.79 Å². The number of amides is 1. The molecule has 0 heterocycles. The summed E-state index contributed by atoms with van der Waals surface area (Å²) in [6.45, 7) is 7.54. The Bertz CT molecular complexity index is 269. The number of hydrogen-bond acceptors (Lipinski definition) is 3. The molecule has 2 unspecified atom stereocenters. The average molecular weight is 256 g/mol. The second-order valence-corrected chi connectivity index (χ2v) is 5.80. The van der Waals surface area contributed by atoms with Crippen molar-refractivity contribution in [3.63, 3.8) is 0 Å². The number of nitrogens with one attached hydrogen (secondary N) is 1. The van der Waals surface area contributed by atoms with Gasteiger partial charge in [0.15, 0.2) is 0 Å². The molecular formula is C14H28N2O2. The van der Waals surface area contributed by atoms with Gasteiger partial charge in [-0.05, 0) is 46.5 Å². The molecule has 0 aliphatic heterocycles. The van der Waals surface area contributed by atoms with E-state index in [0.717, 1.165) is 45.3 Å². The van der Waals surface area contributed by atoms with Crippen molar-refractivity contribution in [2.45, 2.75) is 65.0 Å². The molecule has 2 atom stereocenters. The summed E-state index contributed by atoms with van der Waals surface area (Å²) in [5, 5.41) is 3.01. The molecule has 0 saturated heterocycles. The predicted octanol–water partition coefficient (Wildman–Crippen LogP) is 1.83. The first-order valence-corrected chi connectivity index (χ1v) is 7.12. The van der Waals surface area contributed by atoms with Crippen LogP contribution in [0.25, 0.3) is 0 Å². The minimum atomic E-state index is -0.353. The van der Waals surface area contributed by atoms with Crippen molar-refractivity contribution in [3.05, 3.63) is 0 Å². The Kier molecular flexibility index (Phi) is 6.09. The van der Waals surface area contributed by atoms with Crippen molar-refractivity contribution in [2.75, 3.05) is 13.2 Å². The Hall–Kier alpha value is -0.610. The van der Waals surface area contributed by atoms with Gasteiger partial charge in [0.2, 0.25) is 5.91 Å². The zero-order chi connectivity index (χ0) is 13.6. The summed E-state index contributed by atoms with van der Waals surface area (Å²) >= 11 is 0. The van der Waals surface area contributed by atoms with Crippen LogP contribution in [0.1, 0.15) is 52.9 Å². The molecule has 1 aliphatic carbocycles. The van der Waals surface area contributed by atoms with Crippen molar-refractivity contribution in [1.82, 2.24) is 5.32 Å². The van der Waals surface area contributed by atoms with E-state index < -0.39 is 0 Å². The van der Waals surface area contributed by atoms with Gasteiger partial charge in [-0.1, -0.05) is 6.42 Å². The van der Waals surface area contributed by atoms with E-state index in [0.29, 0.717) is 0 Å². The van der Waals surface area contributed by atoms with Crippen molar-refractivity contribution in [2.24, 2.45) is 11.1 Å². The molecule has 3 N–H and O–H groups in total. The fourth-order valence-electron chi connectivity index (χ4n) is 2.43. The van der Waals surface area contributed by atoms with E-state index in [1.165, 1.54) is 0 Å². The highest BCUT2D eigenvalue weighted by Gasteiger charge is 2.42. The first-order chi connectivity index (χ1) is 8.47. The van der Waals surface area contributed by atoms with Crippen LogP contribution in [-0.2, 0) is 9.53 Å². The molecule has 1 aliphatic rings. The molecule has 18 heavy (non-hydrogen) atoms. The molecule has 1 fully saturated rings. The van der Waals surface area contributed by atoms with Crippen LogP contribution in [0.3, 0.4) is 0 Å². The highest BCUT2D eigenvalue weighted by atomic mass is 16.5. The normalized spacial score (nSPS) is 27.7. The van der Waals surface area contributed by atoms with Crippen LogP contribution in [-0.4, -0.2) is 31.2 Å². The maximum Gasteiger partial charge on any atom is 0.227 e. The van der Waals surface area contributed by atoms with E-state index in [-0.39, 0.29) is 23.5 Å². The molecule has 0 aromatic carbocycles. The Morgan fingerprint density at radius 1 is 1.50 bits per heavy atom. The van der Waals surface area contributed by atoms with Gasteiger partial charge < -0.3 is 15.8 Å². The van der Waals surface area contributed by atoms with Crippen LogP contribution in [0.2, 0.25) is 0 Å². The highest BCUT2D eigenvalue weighted by molar-refractivity contribution is 5.83. The number of carbonyl (C=O) groups is 1. The van der Waals surface area contributed by atoms with Crippen LogP contribution in [0.4, 0.5) is 0 Å². The standard InChI is InChI=1S/C14H28N2O2/c1-11(2)18-10-5-4-9-16-13(17)14(3)8-6-7-12(14)15/h11-12H,4-10,15H2,1-3H3,(H,16,17). The van der Waals surface area contributed by atoms with Gasteiger partial charge in [0.25, 0.3) is 0 Å². The number of rotatable bonds is 7. The summed E-state index contributed by atoms with van der Waals surface area (Å²) in [6, 6.07) is 0.0155. The van der Waals surface area contributed by atoms with Gasteiger partial charge in [-0.15, -0.1) is 0 Å². The Morgan fingerprint density at radius 2 is 2.22 bits per heavy atom. The van der Waals surface area contributed by atoms with Gasteiger partial charge in [-0.2, -0.15) is 0 Å². The monoisotopic (exact) mass is 256 g/mol. The smallest absolute Gasteiger partial charge is 0.227 e. The maximum absolute atomic E-state index is 12.1. The van der Waals surface area contributed by atoms with Crippen LogP contribution < -0.4 is 11.1 Å². The zero-order valence-corrected chi connectivity index (χ0v) is 12.0. The summed E-state index contributed by atoms with van der Waals surface area (Å²) in [5.41, 5.74) is 5.67. The Balaban J connectivity index is 2.14. The quantitative estimate of drug-likeness (QED) is 0.683. The molecule has 1 amide bonds. The summed E-state index contributed by atoms with van der Waals surface area (Å²) in [7, 11) is 0. The lowest BCUT2D eigenvalue weighted by atomic mass is 9.84. The average Bonchev–Trinajstić information content (AvgIpc) is 2.65. The van der Waals surface area contributed by atoms with E-state index in [1.54, 1.807) is 0 Å². The highest BCUT2D eigenvalue weighted by Crippen LogP contribution is 2.36. The van der Waals surface area contributed by atoms with Gasteiger partial charge in [-0.25, -0.2) is 0 Å². The largest absolute Gasteiger partial charge is 0.379 e. The van der Waals surface area contributed by atoms with Crippen LogP contribution in [0, 0.1) is 5.41 Å². The number of carbonyl (C=O) groups excluding carboxylic acids is 1. The Morgan fingerprint density at radius 3 is 2.78 bits per heavy atom. The fourth-order valence-corrected chi connectivity index (χ4v) is 2.43. The SMILES string of the molecule is CC(C)OCCCCNC(=O)C1(C)CCCC1N. The van der Waals surface area contributed by atoms with E-state index in [2.05, 4.69) is 5.32 Å². The molecule has 106 valence electrons. The molecule has 4 nitrogen and oxygen atoms in total. The lowest BCUT2D eigenvalue weighted by Gasteiger charge is -2.27. The molecule has 0 aromatic heterocycles.